The number of thiazole rings is 1. The quantitative estimate of drug-likeness (QED) is 0.595. The fourth-order valence-electron chi connectivity index (χ4n) is 2.64. The molecule has 2 atom stereocenters. The number of primary amides is 1. The molecule has 0 bridgehead atoms. The summed E-state index contributed by atoms with van der Waals surface area (Å²) in [5.74, 6) is 6.79. The van der Waals surface area contributed by atoms with Crippen LogP contribution in [0.15, 0.2) is 35.0 Å². The molecule has 29 heavy (non-hydrogen) atoms. The Labute approximate surface area is 172 Å². The molecule has 3 aromatic rings. The Hall–Kier alpha value is -3.15. The van der Waals surface area contributed by atoms with Gasteiger partial charge in [-0.05, 0) is 32.0 Å². The first kappa shape index (κ1) is 20.6. The molecule has 0 radical (unpaired) electrons. The Kier molecular flexibility index (Phi) is 6.32. The standard InChI is InChI=1S/C17H16N2O3S.C4H5NO/c1-9-8-22-13-6-5-11(4-3-10(2)20)7-12(13)14-15(9)23-17(19-14)16(18)21;1-4-2-3-5-6-4/h5-7,9-10,20H,8H2,1-2H3,(H2,18,21);2-3H,1H3. The number of carbonyl (C=O) groups excluding carboxylic acids is 1. The lowest BCUT2D eigenvalue weighted by Gasteiger charge is -2.08. The van der Waals surface area contributed by atoms with E-state index in [2.05, 4.69) is 26.5 Å². The maximum Gasteiger partial charge on any atom is 0.277 e. The van der Waals surface area contributed by atoms with Gasteiger partial charge in [-0.15, -0.1) is 11.3 Å². The number of benzene rings is 1. The summed E-state index contributed by atoms with van der Waals surface area (Å²) in [7, 11) is 0. The van der Waals surface area contributed by atoms with Gasteiger partial charge in [0.05, 0.1) is 18.5 Å². The molecule has 3 N–H and O–H groups in total. The summed E-state index contributed by atoms with van der Waals surface area (Å²) in [5.41, 5.74) is 7.64. The molecule has 0 saturated carbocycles. The van der Waals surface area contributed by atoms with Crippen molar-refractivity contribution < 1.29 is 19.2 Å². The molecule has 8 heteroatoms. The Bertz CT molecular complexity index is 1060. The Morgan fingerprint density at radius 3 is 2.79 bits per heavy atom. The van der Waals surface area contributed by atoms with Crippen LogP contribution in [0.3, 0.4) is 0 Å². The zero-order valence-electron chi connectivity index (χ0n) is 16.3. The molecule has 150 valence electrons. The summed E-state index contributed by atoms with van der Waals surface area (Å²) in [4.78, 5) is 16.8. The molecule has 1 aliphatic heterocycles. The maximum absolute atomic E-state index is 11.5. The molecule has 1 aliphatic rings. The topological polar surface area (TPSA) is 111 Å². The van der Waals surface area contributed by atoms with Crippen molar-refractivity contribution >= 4 is 17.2 Å². The van der Waals surface area contributed by atoms with Crippen LogP contribution in [0.2, 0.25) is 0 Å². The Morgan fingerprint density at radius 1 is 1.41 bits per heavy atom. The number of nitrogens with two attached hydrogens (primary N) is 1. The molecule has 2 unspecified atom stereocenters. The van der Waals surface area contributed by atoms with Crippen molar-refractivity contribution in [2.75, 3.05) is 6.61 Å². The fraction of sp³-hybridized carbons (Fsp3) is 0.286. The molecule has 0 aliphatic carbocycles. The minimum Gasteiger partial charge on any atom is -0.492 e. The predicted octanol–water partition coefficient (Wildman–Crippen LogP) is 3.12. The summed E-state index contributed by atoms with van der Waals surface area (Å²) in [5, 5.41) is 13.0. The van der Waals surface area contributed by atoms with E-state index in [0.717, 1.165) is 27.5 Å². The van der Waals surface area contributed by atoms with Crippen LogP contribution in [0.1, 0.15) is 45.8 Å². The number of amides is 1. The van der Waals surface area contributed by atoms with Crippen molar-refractivity contribution in [3.63, 3.8) is 0 Å². The lowest BCUT2D eigenvalue weighted by Crippen LogP contribution is -2.10. The lowest BCUT2D eigenvalue weighted by atomic mass is 10.0. The molecule has 7 nitrogen and oxygen atoms in total. The first-order valence-electron chi connectivity index (χ1n) is 8.99. The van der Waals surface area contributed by atoms with Gasteiger partial charge in [0.1, 0.15) is 17.6 Å². The van der Waals surface area contributed by atoms with Crippen LogP contribution < -0.4 is 10.5 Å². The molecule has 3 heterocycles. The van der Waals surface area contributed by atoms with Gasteiger partial charge in [0, 0.05) is 28.0 Å². The van der Waals surface area contributed by atoms with Crippen LogP contribution in [-0.2, 0) is 0 Å². The van der Waals surface area contributed by atoms with Crippen LogP contribution in [0.4, 0.5) is 0 Å². The minimum absolute atomic E-state index is 0.120. The third-order valence-electron chi connectivity index (χ3n) is 4.03. The second-order valence-electron chi connectivity index (χ2n) is 6.59. The molecule has 0 fully saturated rings. The highest BCUT2D eigenvalue weighted by atomic mass is 32.1. The number of ether oxygens (including phenoxy) is 1. The number of carbonyl (C=O) groups is 1. The summed E-state index contributed by atoms with van der Waals surface area (Å²) in [6, 6.07) is 7.35. The van der Waals surface area contributed by atoms with E-state index in [1.54, 1.807) is 19.2 Å². The number of fused-ring (bicyclic) bond motifs is 3. The van der Waals surface area contributed by atoms with Crippen LogP contribution in [0.5, 0.6) is 5.75 Å². The average Bonchev–Trinajstić information content (AvgIpc) is 3.32. The van der Waals surface area contributed by atoms with Gasteiger partial charge in [-0.3, -0.25) is 4.79 Å². The van der Waals surface area contributed by atoms with E-state index in [1.165, 1.54) is 11.3 Å². The van der Waals surface area contributed by atoms with Crippen molar-refractivity contribution in [3.05, 3.63) is 51.7 Å². The number of aliphatic hydroxyl groups is 1. The molecule has 2 aromatic heterocycles. The third kappa shape index (κ3) is 5.02. The maximum atomic E-state index is 11.5. The normalized spacial score (nSPS) is 15.2. The predicted molar refractivity (Wildman–Crippen MR) is 110 cm³/mol. The summed E-state index contributed by atoms with van der Waals surface area (Å²) in [6.45, 7) is 6.01. The highest BCUT2D eigenvalue weighted by molar-refractivity contribution is 7.14. The monoisotopic (exact) mass is 411 g/mol. The largest absolute Gasteiger partial charge is 0.492 e. The van der Waals surface area contributed by atoms with E-state index in [0.29, 0.717) is 17.4 Å². The van der Waals surface area contributed by atoms with Gasteiger partial charge in [0.15, 0.2) is 5.01 Å². The molecular formula is C21H21N3O4S. The van der Waals surface area contributed by atoms with E-state index >= 15 is 0 Å². The summed E-state index contributed by atoms with van der Waals surface area (Å²) >= 11 is 1.31. The van der Waals surface area contributed by atoms with Crippen LogP contribution in [-0.4, -0.2) is 33.9 Å². The van der Waals surface area contributed by atoms with Gasteiger partial charge in [-0.1, -0.05) is 23.9 Å². The minimum atomic E-state index is -0.693. The zero-order valence-corrected chi connectivity index (χ0v) is 17.1. The van der Waals surface area contributed by atoms with Crippen molar-refractivity contribution in [3.8, 4) is 28.8 Å². The first-order valence-corrected chi connectivity index (χ1v) is 9.81. The highest BCUT2D eigenvalue weighted by Gasteiger charge is 2.26. The molecule has 1 aromatic carbocycles. The van der Waals surface area contributed by atoms with Crippen LogP contribution in [0, 0.1) is 18.8 Å². The second kappa shape index (κ2) is 8.90. The van der Waals surface area contributed by atoms with Crippen molar-refractivity contribution in [1.82, 2.24) is 10.1 Å². The summed E-state index contributed by atoms with van der Waals surface area (Å²) < 4.78 is 10.4. The highest BCUT2D eigenvalue weighted by Crippen LogP contribution is 2.41. The van der Waals surface area contributed by atoms with E-state index in [1.807, 2.05) is 32.0 Å². The van der Waals surface area contributed by atoms with E-state index < -0.39 is 12.0 Å². The first-order chi connectivity index (χ1) is 13.8. The number of nitrogens with zero attached hydrogens (tertiary/aromatic N) is 2. The van der Waals surface area contributed by atoms with Crippen LogP contribution in [0.25, 0.3) is 11.3 Å². The fourth-order valence-corrected chi connectivity index (χ4v) is 3.61. The van der Waals surface area contributed by atoms with Crippen molar-refractivity contribution in [2.24, 2.45) is 5.73 Å². The average molecular weight is 411 g/mol. The molecule has 0 saturated heterocycles. The molecule has 4 rings (SSSR count). The van der Waals surface area contributed by atoms with E-state index in [9.17, 15) is 9.90 Å². The van der Waals surface area contributed by atoms with Gasteiger partial charge >= 0.3 is 0 Å². The number of aryl methyl sites for hydroxylation is 1. The Morgan fingerprint density at radius 2 is 2.21 bits per heavy atom. The number of aliphatic hydroxyl groups excluding tert-OH is 1. The van der Waals surface area contributed by atoms with Gasteiger partial charge in [-0.25, -0.2) is 4.98 Å². The molecular weight excluding hydrogens is 390 g/mol. The van der Waals surface area contributed by atoms with Crippen molar-refractivity contribution in [2.45, 2.75) is 32.8 Å². The van der Waals surface area contributed by atoms with Gasteiger partial charge < -0.3 is 20.1 Å². The number of hydrogen-bond donors (Lipinski definition) is 2. The number of hydrogen-bond acceptors (Lipinski definition) is 7. The number of rotatable bonds is 1. The van der Waals surface area contributed by atoms with Gasteiger partial charge in [0.2, 0.25) is 0 Å². The lowest BCUT2D eigenvalue weighted by molar-refractivity contribution is 0.1000. The Balaban J connectivity index is 0.000000343. The van der Waals surface area contributed by atoms with E-state index in [4.69, 9.17) is 10.5 Å². The summed E-state index contributed by atoms with van der Waals surface area (Å²) in [6.07, 6.45) is 0.927. The van der Waals surface area contributed by atoms with Gasteiger partial charge in [-0.2, -0.15) is 0 Å². The smallest absolute Gasteiger partial charge is 0.277 e. The van der Waals surface area contributed by atoms with E-state index in [-0.39, 0.29) is 5.92 Å². The number of aromatic nitrogens is 2. The zero-order chi connectivity index (χ0) is 21.0. The van der Waals surface area contributed by atoms with Crippen molar-refractivity contribution in [1.29, 1.82) is 0 Å². The molecule has 1 amide bonds. The molecule has 0 spiro atoms. The van der Waals surface area contributed by atoms with Gasteiger partial charge in [0.25, 0.3) is 5.91 Å². The second-order valence-corrected chi connectivity index (χ2v) is 7.62. The van der Waals surface area contributed by atoms with Crippen LogP contribution >= 0.6 is 11.3 Å². The SMILES string of the molecule is CC(O)C#Cc1ccc2c(c1)-c1nc(C(N)=O)sc1C(C)CO2.Cc1ccno1. The third-order valence-corrected chi connectivity index (χ3v) is 5.33.